The van der Waals surface area contributed by atoms with Gasteiger partial charge in [-0.05, 0) is 40.6 Å². The summed E-state index contributed by atoms with van der Waals surface area (Å²) in [5, 5.41) is 4.12. The molecule has 5 aromatic carbocycles. The predicted octanol–water partition coefficient (Wildman–Crippen LogP) is 5.22. The van der Waals surface area contributed by atoms with E-state index >= 15 is 0 Å². The molecule has 0 saturated heterocycles. The highest BCUT2D eigenvalue weighted by Gasteiger charge is 2.43. The van der Waals surface area contributed by atoms with Crippen LogP contribution < -0.4 is 26.0 Å². The molecule has 34 heavy (non-hydrogen) atoms. The van der Waals surface area contributed by atoms with Crippen LogP contribution in [0.2, 0.25) is 0 Å². The lowest BCUT2D eigenvalue weighted by Gasteiger charge is -2.38. The topological polar surface area (TPSA) is 42.7 Å². The Morgan fingerprint density at radius 2 is 1.56 bits per heavy atom. The summed E-state index contributed by atoms with van der Waals surface area (Å²) in [6.45, 7) is -0.0597. The second-order valence-electron chi connectivity index (χ2n) is 8.87. The number of carbonyl (C=O) groups excluding carboxylic acids is 1. The first-order valence-corrected chi connectivity index (χ1v) is 11.4. The first-order valence-electron chi connectivity index (χ1n) is 11.4. The first-order chi connectivity index (χ1) is 16.8. The van der Waals surface area contributed by atoms with Gasteiger partial charge in [-0.2, -0.15) is 0 Å². The van der Waals surface area contributed by atoms with Crippen LogP contribution >= 0.6 is 0 Å². The molecule has 158 valence electrons. The van der Waals surface area contributed by atoms with E-state index in [1.54, 1.807) is 4.90 Å². The van der Waals surface area contributed by atoms with Crippen molar-refractivity contribution in [3.05, 3.63) is 97.1 Å². The van der Waals surface area contributed by atoms with E-state index in [2.05, 4.69) is 48.5 Å². The molecular formula is C29H16BNO3. The number of nitrogens with zero attached hydrogens (tertiary/aromatic N) is 1. The number of ether oxygens (including phenoxy) is 1. The van der Waals surface area contributed by atoms with Crippen LogP contribution in [0.25, 0.3) is 32.7 Å². The van der Waals surface area contributed by atoms with Crippen molar-refractivity contribution in [2.75, 3.05) is 4.90 Å². The number of hydrogen-bond donors (Lipinski definition) is 0. The van der Waals surface area contributed by atoms with E-state index in [-0.39, 0.29) is 12.8 Å². The highest BCUT2D eigenvalue weighted by molar-refractivity contribution is 7.00. The molecule has 0 atom stereocenters. The molecule has 2 aliphatic heterocycles. The monoisotopic (exact) mass is 437 g/mol. The maximum absolute atomic E-state index is 13.4. The standard InChI is InChI=1S/C29H16BNO3/c32-29-31-21-15-16-24-26(19-10-4-5-11-22(19)33-24)27(21)30(18-8-2-1-3-9-18)20-14-13-17-7-6-12-23(34-29)25(17)28(20)31/h1-16H. The zero-order chi connectivity index (χ0) is 22.4. The molecule has 4 nitrogen and oxygen atoms in total. The number of rotatable bonds is 1. The van der Waals surface area contributed by atoms with Crippen molar-refractivity contribution in [3.63, 3.8) is 0 Å². The summed E-state index contributed by atoms with van der Waals surface area (Å²) in [6, 6.07) is 32.7. The largest absolute Gasteiger partial charge is 0.456 e. The second kappa shape index (κ2) is 6.30. The number of carbonyl (C=O) groups is 1. The van der Waals surface area contributed by atoms with Crippen molar-refractivity contribution in [1.82, 2.24) is 0 Å². The van der Waals surface area contributed by atoms with Crippen LogP contribution in [0.4, 0.5) is 16.2 Å². The fourth-order valence-electron chi connectivity index (χ4n) is 5.82. The first kappa shape index (κ1) is 18.0. The van der Waals surface area contributed by atoms with Crippen molar-refractivity contribution in [2.45, 2.75) is 0 Å². The summed E-state index contributed by atoms with van der Waals surface area (Å²) in [6.07, 6.45) is -0.382. The third kappa shape index (κ3) is 2.16. The van der Waals surface area contributed by atoms with E-state index in [4.69, 9.17) is 9.15 Å². The smallest absolute Gasteiger partial charge is 0.424 e. The van der Waals surface area contributed by atoms with E-state index in [9.17, 15) is 4.79 Å². The highest BCUT2D eigenvalue weighted by atomic mass is 16.6. The molecule has 8 rings (SSSR count). The van der Waals surface area contributed by atoms with Crippen LogP contribution in [0.5, 0.6) is 5.75 Å². The van der Waals surface area contributed by atoms with Gasteiger partial charge < -0.3 is 9.15 Å². The minimum atomic E-state index is -0.382. The molecule has 0 fully saturated rings. The van der Waals surface area contributed by atoms with Gasteiger partial charge in [-0.1, -0.05) is 78.3 Å². The molecule has 0 radical (unpaired) electrons. The average Bonchev–Trinajstić information content (AvgIpc) is 3.26. The molecule has 3 heterocycles. The summed E-state index contributed by atoms with van der Waals surface area (Å²) in [4.78, 5) is 15.2. The van der Waals surface area contributed by atoms with Crippen LogP contribution in [0.3, 0.4) is 0 Å². The maximum Gasteiger partial charge on any atom is 0.424 e. The zero-order valence-corrected chi connectivity index (χ0v) is 18.0. The molecule has 0 N–H and O–H groups in total. The molecule has 2 aliphatic rings. The number of amides is 1. The van der Waals surface area contributed by atoms with Gasteiger partial charge in [0.2, 0.25) is 6.71 Å². The van der Waals surface area contributed by atoms with E-state index in [0.717, 1.165) is 55.0 Å². The quantitative estimate of drug-likeness (QED) is 0.332. The predicted molar refractivity (Wildman–Crippen MR) is 137 cm³/mol. The lowest BCUT2D eigenvalue weighted by Crippen LogP contribution is -2.59. The van der Waals surface area contributed by atoms with E-state index in [1.807, 2.05) is 48.5 Å². The second-order valence-corrected chi connectivity index (χ2v) is 8.87. The fourth-order valence-corrected chi connectivity index (χ4v) is 5.82. The Bertz CT molecular complexity index is 1820. The van der Waals surface area contributed by atoms with Gasteiger partial charge in [0.05, 0.1) is 5.69 Å². The minimum Gasteiger partial charge on any atom is -0.456 e. The van der Waals surface area contributed by atoms with Crippen molar-refractivity contribution < 1.29 is 13.9 Å². The summed E-state index contributed by atoms with van der Waals surface area (Å²) < 4.78 is 12.1. The van der Waals surface area contributed by atoms with Gasteiger partial charge in [0, 0.05) is 21.8 Å². The van der Waals surface area contributed by atoms with Crippen molar-refractivity contribution in [3.8, 4) is 5.75 Å². The van der Waals surface area contributed by atoms with Crippen molar-refractivity contribution in [2.24, 2.45) is 0 Å². The molecule has 0 bridgehead atoms. The SMILES string of the molecule is O=C1Oc2cccc3ccc4c(c23)N1c1ccc2oc3ccccc3c2c1B4c1ccccc1. The van der Waals surface area contributed by atoms with Crippen LogP contribution in [-0.2, 0) is 0 Å². The number of para-hydroxylation sites is 1. The Balaban J connectivity index is 1.59. The molecule has 1 aromatic heterocycles. The Labute approximate surface area is 195 Å². The average molecular weight is 437 g/mol. The van der Waals surface area contributed by atoms with Crippen LogP contribution in [-0.4, -0.2) is 12.8 Å². The number of benzene rings is 5. The third-order valence-electron chi connectivity index (χ3n) is 7.15. The molecule has 5 heteroatoms. The Kier molecular flexibility index (Phi) is 3.33. The molecule has 6 aromatic rings. The molecule has 0 saturated carbocycles. The fraction of sp³-hybridized carbons (Fsp3) is 0. The van der Waals surface area contributed by atoms with Crippen molar-refractivity contribution in [1.29, 1.82) is 0 Å². The third-order valence-corrected chi connectivity index (χ3v) is 7.15. The number of anilines is 2. The molecular weight excluding hydrogens is 421 g/mol. The lowest BCUT2D eigenvalue weighted by molar-refractivity contribution is 0.210. The molecule has 0 unspecified atom stereocenters. The Morgan fingerprint density at radius 1 is 0.706 bits per heavy atom. The molecule has 0 spiro atoms. The summed E-state index contributed by atoms with van der Waals surface area (Å²) in [5.41, 5.74) is 6.74. The van der Waals surface area contributed by atoms with Gasteiger partial charge in [0.15, 0.2) is 0 Å². The Hall–Kier alpha value is -4.51. The van der Waals surface area contributed by atoms with Crippen molar-refractivity contribution >= 4 is 73.3 Å². The van der Waals surface area contributed by atoms with E-state index in [0.29, 0.717) is 5.75 Å². The van der Waals surface area contributed by atoms with Gasteiger partial charge in [-0.3, -0.25) is 0 Å². The van der Waals surface area contributed by atoms with Gasteiger partial charge in [0.25, 0.3) is 0 Å². The zero-order valence-electron chi connectivity index (χ0n) is 18.0. The van der Waals surface area contributed by atoms with Gasteiger partial charge in [0.1, 0.15) is 16.9 Å². The summed E-state index contributed by atoms with van der Waals surface area (Å²) >= 11 is 0. The van der Waals surface area contributed by atoms with Crippen LogP contribution in [0.15, 0.2) is 101 Å². The molecule has 1 amide bonds. The van der Waals surface area contributed by atoms with Gasteiger partial charge in [-0.25, -0.2) is 9.69 Å². The summed E-state index contributed by atoms with van der Waals surface area (Å²) in [5.74, 6) is 0.612. The number of fused-ring (bicyclic) bond motifs is 6. The van der Waals surface area contributed by atoms with Crippen LogP contribution in [0.1, 0.15) is 0 Å². The van der Waals surface area contributed by atoms with Gasteiger partial charge >= 0.3 is 6.09 Å². The maximum atomic E-state index is 13.4. The number of furan rings is 1. The highest BCUT2D eigenvalue weighted by Crippen LogP contribution is 2.44. The summed E-state index contributed by atoms with van der Waals surface area (Å²) in [7, 11) is 0. The Morgan fingerprint density at radius 3 is 2.47 bits per heavy atom. The van der Waals surface area contributed by atoms with E-state index < -0.39 is 0 Å². The van der Waals surface area contributed by atoms with Gasteiger partial charge in [-0.15, -0.1) is 0 Å². The molecule has 0 aliphatic carbocycles. The van der Waals surface area contributed by atoms with Crippen LogP contribution in [0, 0.1) is 0 Å². The van der Waals surface area contributed by atoms with E-state index in [1.165, 1.54) is 5.46 Å². The minimum absolute atomic E-state index is 0.0597. The lowest BCUT2D eigenvalue weighted by atomic mass is 9.34. The number of hydrogen-bond acceptors (Lipinski definition) is 3. The normalized spacial score (nSPS) is 14.1.